The van der Waals surface area contributed by atoms with E-state index >= 15 is 0 Å². The molecule has 2 aromatic carbocycles. The molecule has 316 valence electrons. The van der Waals surface area contributed by atoms with Crippen LogP contribution in [0.4, 0.5) is 13.2 Å². The van der Waals surface area contributed by atoms with Crippen molar-refractivity contribution in [1.29, 1.82) is 5.26 Å². The van der Waals surface area contributed by atoms with E-state index in [4.69, 9.17) is 16.9 Å². The molecule has 0 radical (unpaired) electrons. The Labute approximate surface area is 447 Å². The lowest BCUT2D eigenvalue weighted by Gasteiger charge is -2.06. The average molecular weight is 1600 g/mol. The van der Waals surface area contributed by atoms with Gasteiger partial charge in [-0.25, -0.2) is 19.9 Å². The van der Waals surface area contributed by atoms with Crippen LogP contribution in [-0.2, 0) is 6.18 Å². The summed E-state index contributed by atoms with van der Waals surface area (Å²) in [6.45, 7) is 5.98. The van der Waals surface area contributed by atoms with Gasteiger partial charge in [-0.2, -0.15) is 18.4 Å². The minimum atomic E-state index is -4.27. The van der Waals surface area contributed by atoms with Gasteiger partial charge in [0.15, 0.2) is 0 Å². The molecule has 5 nitrogen and oxygen atoms in total. The van der Waals surface area contributed by atoms with E-state index in [-0.39, 0.29) is 7.43 Å². The van der Waals surface area contributed by atoms with E-state index in [9.17, 15) is 13.2 Å². The first-order chi connectivity index (χ1) is 27.0. The zero-order chi connectivity index (χ0) is 44.3. The summed E-state index contributed by atoms with van der Waals surface area (Å²) in [5.41, 5.74) is 3.37. The lowest BCUT2D eigenvalue weighted by Crippen LogP contribution is -2.04. The third-order valence-corrected chi connectivity index (χ3v) is 17.4. The molecule has 0 aliphatic rings. The van der Waals surface area contributed by atoms with Crippen LogP contribution >= 0.6 is 203 Å². The number of alkyl halides is 3. The fourth-order valence-corrected chi connectivity index (χ4v) is 7.25. The molecule has 0 N–H and O–H groups in total. The van der Waals surface area contributed by atoms with Gasteiger partial charge in [0.05, 0.1) is 40.1 Å². The van der Waals surface area contributed by atoms with Crippen molar-refractivity contribution in [3.8, 4) is 6.07 Å². The van der Waals surface area contributed by atoms with Gasteiger partial charge >= 0.3 is 6.18 Å². The molecule has 0 fully saturated rings. The Balaban J connectivity index is 0.000000684. The van der Waals surface area contributed by atoms with Crippen molar-refractivity contribution in [2.75, 3.05) is 0 Å². The molecule has 0 saturated carbocycles. The van der Waals surface area contributed by atoms with E-state index < -0.39 is 11.7 Å². The largest absolute Gasteiger partial charge is 0.416 e. The molecule has 59 heavy (non-hydrogen) atoms. The van der Waals surface area contributed by atoms with Crippen LogP contribution in [0.1, 0.15) is 35.4 Å². The summed E-state index contributed by atoms with van der Waals surface area (Å²) in [5, 5.41) is 9.10. The zero-order valence-corrected chi connectivity index (χ0v) is 49.2. The highest BCUT2D eigenvalue weighted by Crippen LogP contribution is 2.34. The van der Waals surface area contributed by atoms with Crippen molar-refractivity contribution >= 4 is 203 Å². The Bertz CT molecular complexity index is 2180. The fourth-order valence-electron chi connectivity index (χ4n) is 3.17. The third kappa shape index (κ3) is 24.3. The molecule has 0 saturated heterocycles. The summed E-state index contributed by atoms with van der Waals surface area (Å²) in [4.78, 5) is 16.1. The molecule has 0 amide bonds. The standard InChI is InChI=1S/C7H3Br2F3.C7H3Br2N.3C6H5Br2N.C5H2Br2ClN.CH4/c8-5-2-1-4(3-6(5)9)7(10,11)12;8-6-2-1-5(4-10)3-7(6)9;1-4-2-5(7)6(8)9-3-4;1-4-2-3-9-6(8)5(4)7;1-4-2-3-5(7)6(8)9-4;6-4-1-3(8)2-9-5(4)7;/h1-3H;1-3H;3*2-3H,1H3;1-2H;1H4. The summed E-state index contributed by atoms with van der Waals surface area (Å²) in [6, 6.07) is 20.5. The molecule has 0 atom stereocenters. The second-order valence-corrected chi connectivity index (χ2v) is 20.8. The highest BCUT2D eigenvalue weighted by Gasteiger charge is 2.30. The maximum absolute atomic E-state index is 12.1. The third-order valence-electron chi connectivity index (χ3n) is 5.97. The van der Waals surface area contributed by atoms with E-state index in [0.29, 0.717) is 19.5 Å². The van der Waals surface area contributed by atoms with Gasteiger partial charge in [0.1, 0.15) is 18.4 Å². The van der Waals surface area contributed by atoms with Crippen LogP contribution in [0.2, 0.25) is 5.02 Å². The van der Waals surface area contributed by atoms with Crippen molar-refractivity contribution in [3.63, 3.8) is 0 Å². The van der Waals surface area contributed by atoms with Crippen LogP contribution in [0.3, 0.4) is 0 Å². The quantitative estimate of drug-likeness (QED) is 0.142. The topological polar surface area (TPSA) is 75.3 Å². The van der Waals surface area contributed by atoms with E-state index in [0.717, 1.165) is 68.6 Å². The molecule has 0 bridgehead atoms. The molecular weight excluding hydrogens is 1580 g/mol. The molecule has 6 rings (SSSR count). The van der Waals surface area contributed by atoms with Crippen molar-refractivity contribution in [3.05, 3.63) is 172 Å². The van der Waals surface area contributed by atoms with Gasteiger partial charge < -0.3 is 0 Å². The molecule has 0 aliphatic heterocycles. The van der Waals surface area contributed by atoms with Crippen LogP contribution in [0.5, 0.6) is 0 Å². The number of nitrogens with zero attached hydrogens (tertiary/aromatic N) is 5. The normalized spacial score (nSPS) is 9.80. The Kier molecular flexibility index (Phi) is 30.7. The number of aromatic nitrogens is 4. The maximum atomic E-state index is 12.1. The number of rotatable bonds is 0. The van der Waals surface area contributed by atoms with Gasteiger partial charge in [-0.15, -0.1) is 0 Å². The minimum absolute atomic E-state index is 0. The lowest BCUT2D eigenvalue weighted by molar-refractivity contribution is -0.137. The van der Waals surface area contributed by atoms with Crippen LogP contribution in [-0.4, -0.2) is 19.9 Å². The molecule has 0 unspecified atom stereocenters. The predicted octanol–water partition coefficient (Wildman–Crippen LogP) is 20.0. The summed E-state index contributed by atoms with van der Waals surface area (Å²) in [7, 11) is 0. The lowest BCUT2D eigenvalue weighted by atomic mass is 10.2. The van der Waals surface area contributed by atoms with Gasteiger partial charge in [-0.3, -0.25) is 0 Å². The van der Waals surface area contributed by atoms with Crippen molar-refractivity contribution < 1.29 is 13.2 Å². The molecule has 0 spiro atoms. The highest BCUT2D eigenvalue weighted by molar-refractivity contribution is 9.14. The second kappa shape index (κ2) is 30.5. The predicted molar refractivity (Wildman–Crippen MR) is 278 cm³/mol. The minimum Gasteiger partial charge on any atom is -0.248 e. The molecular formula is C38H27Br12ClF3N5. The smallest absolute Gasteiger partial charge is 0.248 e. The van der Waals surface area contributed by atoms with E-state index in [1.165, 1.54) is 11.6 Å². The number of benzene rings is 2. The molecule has 4 aromatic heterocycles. The van der Waals surface area contributed by atoms with Gasteiger partial charge in [-0.1, -0.05) is 19.0 Å². The number of halogens is 16. The Morgan fingerprint density at radius 3 is 1.49 bits per heavy atom. The zero-order valence-electron chi connectivity index (χ0n) is 29.4. The average Bonchev–Trinajstić information content (AvgIpc) is 3.15. The summed E-state index contributed by atoms with van der Waals surface area (Å²) in [5.74, 6) is 0. The van der Waals surface area contributed by atoms with Crippen LogP contribution < -0.4 is 0 Å². The summed E-state index contributed by atoms with van der Waals surface area (Å²) in [6.07, 6.45) is 0.888. The van der Waals surface area contributed by atoms with Gasteiger partial charge in [0, 0.05) is 42.2 Å². The van der Waals surface area contributed by atoms with Crippen LogP contribution in [0, 0.1) is 32.1 Å². The molecule has 4 heterocycles. The molecule has 0 aliphatic carbocycles. The van der Waals surface area contributed by atoms with Crippen LogP contribution in [0.25, 0.3) is 0 Å². The first-order valence-corrected chi connectivity index (χ1v) is 25.0. The highest BCUT2D eigenvalue weighted by atomic mass is 79.9. The maximum Gasteiger partial charge on any atom is 0.416 e. The van der Waals surface area contributed by atoms with E-state index in [2.05, 4.69) is 211 Å². The Hall–Kier alpha value is 0.370. The summed E-state index contributed by atoms with van der Waals surface area (Å²) < 4.78 is 46.3. The van der Waals surface area contributed by atoms with Gasteiger partial charge in [0.2, 0.25) is 0 Å². The Morgan fingerprint density at radius 2 is 1.08 bits per heavy atom. The molecule has 21 heteroatoms. The van der Waals surface area contributed by atoms with Gasteiger partial charge in [-0.05, 0) is 290 Å². The fraction of sp³-hybridized carbons (Fsp3) is 0.132. The van der Waals surface area contributed by atoms with Crippen LogP contribution in [0.15, 0.2) is 140 Å². The Morgan fingerprint density at radius 1 is 0.559 bits per heavy atom. The number of pyridine rings is 4. The second-order valence-electron chi connectivity index (χ2n) is 10.5. The van der Waals surface area contributed by atoms with Crippen molar-refractivity contribution in [2.24, 2.45) is 0 Å². The summed E-state index contributed by atoms with van der Waals surface area (Å²) >= 11 is 44.6. The number of aryl methyl sites for hydroxylation is 3. The van der Waals surface area contributed by atoms with Crippen molar-refractivity contribution in [1.82, 2.24) is 19.9 Å². The number of hydrogen-bond acceptors (Lipinski definition) is 5. The first-order valence-electron chi connectivity index (χ1n) is 15.1. The van der Waals surface area contributed by atoms with Gasteiger partial charge in [0.25, 0.3) is 0 Å². The van der Waals surface area contributed by atoms with E-state index in [1.54, 1.807) is 30.6 Å². The number of nitriles is 1. The number of hydrogen-bond donors (Lipinski definition) is 0. The van der Waals surface area contributed by atoms with Crippen molar-refractivity contribution in [2.45, 2.75) is 34.4 Å². The molecule has 6 aromatic rings. The monoisotopic (exact) mass is 1590 g/mol. The van der Waals surface area contributed by atoms with E-state index in [1.807, 2.05) is 63.4 Å². The SMILES string of the molecule is C.Cc1ccc(Br)c(Br)n1.Cc1ccnc(Br)c1Br.Cc1cnc(Br)c(Br)c1.Clc1cnc(Br)c(Br)c1.FC(F)(F)c1ccc(Br)c(Br)c1.N#Cc1ccc(Br)c(Br)c1. The first kappa shape index (κ1) is 59.4.